The van der Waals surface area contributed by atoms with Gasteiger partial charge in [0.25, 0.3) is 0 Å². The SMILES string of the molecule is C=C/C=C(\[CH]=[Ni])C(=O)NCCO[N+](=O)O. The number of hydrogen-bond donors (Lipinski definition) is 2. The van der Waals surface area contributed by atoms with E-state index in [2.05, 4.69) is 31.8 Å². The molecule has 0 fully saturated rings. The van der Waals surface area contributed by atoms with E-state index in [-0.39, 0.29) is 19.1 Å². The van der Waals surface area contributed by atoms with Crippen molar-refractivity contribution in [2.75, 3.05) is 13.2 Å². The molecule has 0 aliphatic carbocycles. The van der Waals surface area contributed by atoms with E-state index in [0.717, 1.165) is 0 Å². The zero-order valence-electron chi connectivity index (χ0n) is 7.79. The van der Waals surface area contributed by atoms with Gasteiger partial charge in [0.2, 0.25) is 0 Å². The third-order valence-corrected chi connectivity index (χ3v) is 1.55. The third-order valence-electron chi connectivity index (χ3n) is 1.25. The first kappa shape index (κ1) is 13.5. The van der Waals surface area contributed by atoms with E-state index in [1.165, 1.54) is 17.1 Å². The quantitative estimate of drug-likeness (QED) is 0.215. The van der Waals surface area contributed by atoms with E-state index in [1.54, 1.807) is 0 Å². The van der Waals surface area contributed by atoms with Crippen LogP contribution in [0.25, 0.3) is 0 Å². The van der Waals surface area contributed by atoms with Gasteiger partial charge in [-0.25, -0.2) is 0 Å². The summed E-state index contributed by atoms with van der Waals surface area (Å²) in [6, 6.07) is 0. The molecule has 0 spiro atoms. The average Bonchev–Trinajstić information content (AvgIpc) is 2.20. The normalized spacial score (nSPS) is 10.4. The number of nitrogens with one attached hydrogen (secondary N) is 1. The molecule has 7 heteroatoms. The van der Waals surface area contributed by atoms with Crippen molar-refractivity contribution in [1.82, 2.24) is 5.32 Å². The van der Waals surface area contributed by atoms with Crippen LogP contribution >= 0.6 is 0 Å². The Kier molecular flexibility index (Phi) is 7.09. The summed E-state index contributed by atoms with van der Waals surface area (Å²) in [4.78, 5) is 26.5. The van der Waals surface area contributed by atoms with Crippen molar-refractivity contribution in [3.63, 3.8) is 0 Å². The summed E-state index contributed by atoms with van der Waals surface area (Å²) in [6.45, 7) is 3.38. The van der Waals surface area contributed by atoms with Crippen molar-refractivity contribution < 1.29 is 35.0 Å². The van der Waals surface area contributed by atoms with Gasteiger partial charge in [0.1, 0.15) is 0 Å². The monoisotopic (exact) mass is 257 g/mol. The summed E-state index contributed by atoms with van der Waals surface area (Å²) < 4.78 is 0. The number of amides is 1. The van der Waals surface area contributed by atoms with Gasteiger partial charge in [0.05, 0.1) is 0 Å². The fraction of sp³-hybridized carbons (Fsp3) is 0.250. The van der Waals surface area contributed by atoms with E-state index in [4.69, 9.17) is 5.21 Å². The standard InChI is InChI=1S/C8H10N2O4.Ni/c1-3-4-7(2)8(11)9-5-6-14-10(12)13;/h2-4H,1,5-6H2,(H-,9,11,12,13);/p+1/b7-4+;. The first-order valence-electron chi connectivity index (χ1n) is 3.91. The fourth-order valence-corrected chi connectivity index (χ4v) is 0.889. The molecule has 0 aromatic carbocycles. The predicted octanol–water partition coefficient (Wildman–Crippen LogP) is -0.336. The predicted molar refractivity (Wildman–Crippen MR) is 48.7 cm³/mol. The second kappa shape index (κ2) is 7.87. The Balaban J connectivity index is 3.92. The Morgan fingerprint density at radius 1 is 1.67 bits per heavy atom. The summed E-state index contributed by atoms with van der Waals surface area (Å²) in [7, 11) is 0. The third kappa shape index (κ3) is 6.57. The van der Waals surface area contributed by atoms with Gasteiger partial charge in [-0.1, -0.05) is 0 Å². The molecule has 1 amide bonds. The molecule has 0 heterocycles. The van der Waals surface area contributed by atoms with E-state index in [9.17, 15) is 9.70 Å². The van der Waals surface area contributed by atoms with Crippen molar-refractivity contribution in [2.24, 2.45) is 0 Å². The van der Waals surface area contributed by atoms with Crippen LogP contribution in [0.1, 0.15) is 0 Å². The first-order valence-corrected chi connectivity index (χ1v) is 4.48. The Morgan fingerprint density at radius 3 is 2.80 bits per heavy atom. The molecule has 0 aliphatic heterocycles. The molecule has 86 valence electrons. The number of nitrogens with zero attached hydrogens (tertiary/aromatic N) is 1. The topological polar surface area (TPSA) is 78.6 Å². The number of allylic oxidation sites excluding steroid dienone is 2. The summed E-state index contributed by atoms with van der Waals surface area (Å²) >= 11 is 4.32. The van der Waals surface area contributed by atoms with E-state index in [0.29, 0.717) is 5.57 Å². The number of hydrogen-bond acceptors (Lipinski definition) is 3. The van der Waals surface area contributed by atoms with Crippen molar-refractivity contribution >= 4 is 10.9 Å². The van der Waals surface area contributed by atoms with Gasteiger partial charge in [0.15, 0.2) is 0 Å². The van der Waals surface area contributed by atoms with Gasteiger partial charge in [-0.3, -0.25) is 0 Å². The molecule has 0 aliphatic rings. The van der Waals surface area contributed by atoms with Crippen molar-refractivity contribution in [3.8, 4) is 0 Å². The molecule has 0 aromatic heterocycles. The molecule has 0 rings (SSSR count). The maximum atomic E-state index is 11.3. The Morgan fingerprint density at radius 2 is 2.33 bits per heavy atom. The van der Waals surface area contributed by atoms with Gasteiger partial charge in [-0.15, -0.1) is 0 Å². The van der Waals surface area contributed by atoms with Crippen LogP contribution < -0.4 is 5.32 Å². The second-order valence-electron chi connectivity index (χ2n) is 2.28. The molecule has 0 saturated carbocycles. The molecule has 0 saturated heterocycles. The Hall–Kier alpha value is -1.49. The minimum atomic E-state index is -0.673. The second-order valence-corrected chi connectivity index (χ2v) is 2.56. The Labute approximate surface area is 94.0 Å². The van der Waals surface area contributed by atoms with Gasteiger partial charge in [-0.05, 0) is 0 Å². The average molecular weight is 258 g/mol. The van der Waals surface area contributed by atoms with Gasteiger partial charge >= 0.3 is 93.5 Å². The van der Waals surface area contributed by atoms with Crippen LogP contribution in [0.4, 0.5) is 0 Å². The van der Waals surface area contributed by atoms with Crippen LogP contribution in [0.2, 0.25) is 0 Å². The molecule has 2 N–H and O–H groups in total. The minimum absolute atomic E-state index is 0.0838. The van der Waals surface area contributed by atoms with Crippen LogP contribution in [0.5, 0.6) is 0 Å². The van der Waals surface area contributed by atoms with Crippen LogP contribution in [0.3, 0.4) is 0 Å². The fourth-order valence-electron chi connectivity index (χ4n) is 0.665. The molecule has 0 unspecified atom stereocenters. The number of carbonyl (C=O) groups is 1. The summed E-state index contributed by atoms with van der Waals surface area (Å²) in [5.41, 5.74) is 0.299. The Bertz CT molecular complexity index is 301. The van der Waals surface area contributed by atoms with Gasteiger partial charge < -0.3 is 0 Å². The van der Waals surface area contributed by atoms with Crippen LogP contribution in [0.15, 0.2) is 24.3 Å². The van der Waals surface area contributed by atoms with Crippen molar-refractivity contribution in [2.45, 2.75) is 0 Å². The van der Waals surface area contributed by atoms with Gasteiger partial charge in [0, 0.05) is 0 Å². The zero-order valence-corrected chi connectivity index (χ0v) is 8.78. The number of carbonyl (C=O) groups excluding carboxylic acids is 1. The van der Waals surface area contributed by atoms with E-state index < -0.39 is 5.09 Å². The molecular formula is C8H11N2NiO4+. The first-order chi connectivity index (χ1) is 7.11. The molecular weight excluding hydrogens is 247 g/mol. The maximum absolute atomic E-state index is 11.3. The summed E-state index contributed by atoms with van der Waals surface area (Å²) in [5, 5.41) is 9.81. The number of rotatable bonds is 7. The molecule has 0 aromatic rings. The van der Waals surface area contributed by atoms with Crippen molar-refractivity contribution in [3.05, 3.63) is 29.2 Å². The molecule has 0 atom stereocenters. The molecule has 15 heavy (non-hydrogen) atoms. The van der Waals surface area contributed by atoms with E-state index >= 15 is 0 Å². The summed E-state index contributed by atoms with van der Waals surface area (Å²) in [6.07, 6.45) is 2.90. The van der Waals surface area contributed by atoms with Crippen molar-refractivity contribution in [1.29, 1.82) is 0 Å². The summed E-state index contributed by atoms with van der Waals surface area (Å²) in [5.74, 6) is -0.389. The van der Waals surface area contributed by atoms with Gasteiger partial charge in [-0.2, -0.15) is 0 Å². The van der Waals surface area contributed by atoms with Crippen LogP contribution in [-0.4, -0.2) is 34.3 Å². The van der Waals surface area contributed by atoms with Crippen LogP contribution in [0, 0.1) is 4.91 Å². The van der Waals surface area contributed by atoms with E-state index in [1.807, 2.05) is 0 Å². The molecule has 0 bridgehead atoms. The molecule has 6 nitrogen and oxygen atoms in total. The zero-order chi connectivity index (χ0) is 11.7. The molecule has 0 radical (unpaired) electrons. The van der Waals surface area contributed by atoms with Crippen LogP contribution in [-0.2, 0) is 24.7 Å².